The van der Waals surface area contributed by atoms with Crippen molar-refractivity contribution in [3.63, 3.8) is 0 Å². The van der Waals surface area contributed by atoms with E-state index in [0.29, 0.717) is 25.0 Å². The Morgan fingerprint density at radius 1 is 1.29 bits per heavy atom. The molecule has 2 heterocycles. The third-order valence-electron chi connectivity index (χ3n) is 4.24. The average Bonchev–Trinajstić information content (AvgIpc) is 2.86. The molecular weight excluding hydrogens is 264 g/mol. The van der Waals surface area contributed by atoms with Crippen molar-refractivity contribution in [1.82, 2.24) is 9.78 Å². The molecule has 0 fully saturated rings. The van der Waals surface area contributed by atoms with Crippen LogP contribution >= 0.6 is 0 Å². The van der Waals surface area contributed by atoms with E-state index in [1.54, 1.807) is 0 Å². The standard InChI is InChI=1S/C17H22N2O2/c1-11(2)12(3)15-8-16-14-6-4-5-7-17(14)21-10-13(20)9-19(16)18-15/h4-8,11-13,20H,9-10H2,1-3H3/t12?,13-/m1/s1. The molecule has 3 rings (SSSR count). The zero-order chi connectivity index (χ0) is 15.0. The molecule has 0 radical (unpaired) electrons. The van der Waals surface area contributed by atoms with Gasteiger partial charge >= 0.3 is 0 Å². The summed E-state index contributed by atoms with van der Waals surface area (Å²) < 4.78 is 7.64. The molecule has 1 aliphatic rings. The fourth-order valence-electron chi connectivity index (χ4n) is 2.60. The number of aromatic nitrogens is 2. The number of nitrogens with zero attached hydrogens (tertiary/aromatic N) is 2. The van der Waals surface area contributed by atoms with E-state index in [4.69, 9.17) is 9.84 Å². The first-order chi connectivity index (χ1) is 10.1. The van der Waals surface area contributed by atoms with Crippen LogP contribution in [0.3, 0.4) is 0 Å². The van der Waals surface area contributed by atoms with Gasteiger partial charge in [-0.05, 0) is 24.1 Å². The van der Waals surface area contributed by atoms with Gasteiger partial charge in [0.25, 0.3) is 0 Å². The number of benzene rings is 1. The van der Waals surface area contributed by atoms with Crippen LogP contribution in [0.2, 0.25) is 0 Å². The van der Waals surface area contributed by atoms with Crippen LogP contribution in [0.4, 0.5) is 0 Å². The Morgan fingerprint density at radius 3 is 2.81 bits per heavy atom. The number of aliphatic hydroxyl groups is 1. The predicted molar refractivity (Wildman–Crippen MR) is 82.4 cm³/mol. The third kappa shape index (κ3) is 2.68. The lowest BCUT2D eigenvalue weighted by Gasteiger charge is -2.20. The van der Waals surface area contributed by atoms with Gasteiger partial charge in [0, 0.05) is 11.5 Å². The summed E-state index contributed by atoms with van der Waals surface area (Å²) in [7, 11) is 0. The second kappa shape index (κ2) is 5.53. The molecule has 21 heavy (non-hydrogen) atoms. The molecule has 1 aromatic heterocycles. The summed E-state index contributed by atoms with van der Waals surface area (Å²) in [6, 6.07) is 10.1. The monoisotopic (exact) mass is 286 g/mol. The highest BCUT2D eigenvalue weighted by Gasteiger charge is 2.22. The molecule has 4 heteroatoms. The van der Waals surface area contributed by atoms with Crippen LogP contribution < -0.4 is 4.74 Å². The van der Waals surface area contributed by atoms with Gasteiger partial charge in [0.05, 0.1) is 17.9 Å². The molecule has 1 aromatic carbocycles. The lowest BCUT2D eigenvalue weighted by Crippen LogP contribution is -2.26. The SMILES string of the molecule is CC(C)C(C)c1cc2n(n1)C[C@@H](O)COc1ccccc1-2. The molecule has 4 nitrogen and oxygen atoms in total. The van der Waals surface area contributed by atoms with Crippen molar-refractivity contribution in [1.29, 1.82) is 0 Å². The van der Waals surface area contributed by atoms with Crippen LogP contribution in [0.15, 0.2) is 30.3 Å². The highest BCUT2D eigenvalue weighted by Crippen LogP contribution is 2.34. The molecule has 2 atom stereocenters. The Morgan fingerprint density at radius 2 is 2.05 bits per heavy atom. The quantitative estimate of drug-likeness (QED) is 0.923. The zero-order valence-corrected chi connectivity index (χ0v) is 12.8. The summed E-state index contributed by atoms with van der Waals surface area (Å²) in [5.41, 5.74) is 3.13. The molecule has 0 spiro atoms. The van der Waals surface area contributed by atoms with Crippen molar-refractivity contribution in [2.45, 2.75) is 39.3 Å². The van der Waals surface area contributed by atoms with Crippen molar-refractivity contribution in [2.75, 3.05) is 6.61 Å². The molecule has 0 aliphatic carbocycles. The first-order valence-electron chi connectivity index (χ1n) is 7.54. The van der Waals surface area contributed by atoms with Crippen LogP contribution in [0.1, 0.15) is 32.4 Å². The predicted octanol–water partition coefficient (Wildman–Crippen LogP) is 3.06. The summed E-state index contributed by atoms with van der Waals surface area (Å²) in [4.78, 5) is 0. The summed E-state index contributed by atoms with van der Waals surface area (Å²) in [6.45, 7) is 7.36. The third-order valence-corrected chi connectivity index (χ3v) is 4.24. The minimum Gasteiger partial charge on any atom is -0.490 e. The van der Waals surface area contributed by atoms with Gasteiger partial charge in [-0.3, -0.25) is 4.68 Å². The molecule has 0 amide bonds. The summed E-state index contributed by atoms with van der Waals surface area (Å²) in [6.07, 6.45) is -0.542. The molecule has 1 unspecified atom stereocenters. The van der Waals surface area contributed by atoms with Crippen molar-refractivity contribution in [2.24, 2.45) is 5.92 Å². The number of hydrogen-bond acceptors (Lipinski definition) is 3. The van der Waals surface area contributed by atoms with E-state index < -0.39 is 6.10 Å². The van der Waals surface area contributed by atoms with Gasteiger partial charge in [-0.25, -0.2) is 0 Å². The normalized spacial score (nSPS) is 19.2. The minimum atomic E-state index is -0.542. The molecule has 1 N–H and O–H groups in total. The lowest BCUT2D eigenvalue weighted by atomic mass is 9.94. The Bertz CT molecular complexity index is 633. The maximum absolute atomic E-state index is 10.1. The van der Waals surface area contributed by atoms with Crippen LogP contribution in [-0.2, 0) is 6.54 Å². The average molecular weight is 286 g/mol. The van der Waals surface area contributed by atoms with E-state index in [1.807, 2.05) is 28.9 Å². The number of aliphatic hydroxyl groups excluding tert-OH is 1. The van der Waals surface area contributed by atoms with Crippen LogP contribution in [0.25, 0.3) is 11.3 Å². The Labute approximate surface area is 125 Å². The highest BCUT2D eigenvalue weighted by molar-refractivity contribution is 5.68. The molecule has 1 aliphatic heterocycles. The number of para-hydroxylation sites is 1. The van der Waals surface area contributed by atoms with Gasteiger partial charge in [0.1, 0.15) is 18.5 Å². The van der Waals surface area contributed by atoms with E-state index in [-0.39, 0.29) is 0 Å². The first kappa shape index (κ1) is 14.1. The van der Waals surface area contributed by atoms with E-state index in [1.165, 1.54) is 0 Å². The lowest BCUT2D eigenvalue weighted by molar-refractivity contribution is 0.0876. The topological polar surface area (TPSA) is 47.3 Å². The van der Waals surface area contributed by atoms with E-state index >= 15 is 0 Å². The van der Waals surface area contributed by atoms with E-state index in [0.717, 1.165) is 22.7 Å². The van der Waals surface area contributed by atoms with Gasteiger partial charge < -0.3 is 9.84 Å². The maximum atomic E-state index is 10.1. The van der Waals surface area contributed by atoms with E-state index in [2.05, 4.69) is 26.8 Å². The first-order valence-corrected chi connectivity index (χ1v) is 7.54. The Kier molecular flexibility index (Phi) is 3.72. The van der Waals surface area contributed by atoms with Crippen molar-refractivity contribution >= 4 is 0 Å². The van der Waals surface area contributed by atoms with Crippen molar-refractivity contribution in [3.8, 4) is 17.0 Å². The van der Waals surface area contributed by atoms with Gasteiger partial charge in [-0.15, -0.1) is 0 Å². The smallest absolute Gasteiger partial charge is 0.128 e. The highest BCUT2D eigenvalue weighted by atomic mass is 16.5. The Hall–Kier alpha value is -1.81. The van der Waals surface area contributed by atoms with Crippen molar-refractivity contribution in [3.05, 3.63) is 36.0 Å². The minimum absolute atomic E-state index is 0.297. The second-order valence-electron chi connectivity index (χ2n) is 6.13. The molecular formula is C17H22N2O2. The number of rotatable bonds is 2. The van der Waals surface area contributed by atoms with Crippen LogP contribution in [0.5, 0.6) is 5.75 Å². The molecule has 0 saturated heterocycles. The van der Waals surface area contributed by atoms with Crippen LogP contribution in [0, 0.1) is 5.92 Å². The second-order valence-corrected chi connectivity index (χ2v) is 6.13. The fraction of sp³-hybridized carbons (Fsp3) is 0.471. The zero-order valence-electron chi connectivity index (χ0n) is 12.8. The van der Waals surface area contributed by atoms with Crippen molar-refractivity contribution < 1.29 is 9.84 Å². The molecule has 112 valence electrons. The van der Waals surface area contributed by atoms with Gasteiger partial charge in [-0.2, -0.15) is 5.10 Å². The molecule has 0 bridgehead atoms. The largest absolute Gasteiger partial charge is 0.490 e. The van der Waals surface area contributed by atoms with E-state index in [9.17, 15) is 5.11 Å². The van der Waals surface area contributed by atoms with Crippen LogP contribution in [-0.4, -0.2) is 27.6 Å². The van der Waals surface area contributed by atoms with Gasteiger partial charge in [0.15, 0.2) is 0 Å². The summed E-state index contributed by atoms with van der Waals surface area (Å²) in [5.74, 6) is 1.72. The Balaban J connectivity index is 2.11. The number of ether oxygens (including phenoxy) is 1. The maximum Gasteiger partial charge on any atom is 0.128 e. The number of hydrogen-bond donors (Lipinski definition) is 1. The summed E-state index contributed by atoms with van der Waals surface area (Å²) in [5, 5.41) is 14.8. The van der Waals surface area contributed by atoms with Gasteiger partial charge in [-0.1, -0.05) is 32.9 Å². The summed E-state index contributed by atoms with van der Waals surface area (Å²) >= 11 is 0. The van der Waals surface area contributed by atoms with Gasteiger partial charge in [0.2, 0.25) is 0 Å². The molecule has 0 saturated carbocycles. The molecule has 2 aromatic rings. The fourth-order valence-corrected chi connectivity index (χ4v) is 2.60. The number of fused-ring (bicyclic) bond motifs is 3.